The topological polar surface area (TPSA) is 68.3 Å². The fraction of sp³-hybridized carbons (Fsp3) is 0.0556. The summed E-state index contributed by atoms with van der Waals surface area (Å²) >= 11 is 11.9. The second-order valence-electron chi connectivity index (χ2n) is 5.44. The highest BCUT2D eigenvalue weighted by Crippen LogP contribution is 2.29. The molecule has 0 bridgehead atoms. The van der Waals surface area contributed by atoms with E-state index in [1.165, 1.54) is 36.5 Å². The first-order chi connectivity index (χ1) is 12.8. The molecule has 1 N–H and O–H groups in total. The number of sulfonamides is 1. The molecule has 0 amide bonds. The third kappa shape index (κ3) is 4.95. The standard InChI is InChI=1S/C18H13Cl2FN2O3S/c19-15-5-2-6-16(20)18(15)27(24,25)23-11-12-7-8-17(22-10-12)26-14-4-1-3-13(21)9-14/h1-10,23H,11H2. The van der Waals surface area contributed by atoms with Crippen LogP contribution >= 0.6 is 23.2 Å². The van der Waals surface area contributed by atoms with Crippen molar-refractivity contribution in [3.8, 4) is 11.6 Å². The summed E-state index contributed by atoms with van der Waals surface area (Å²) in [7, 11) is -3.90. The second kappa shape index (κ2) is 8.22. The van der Waals surface area contributed by atoms with Gasteiger partial charge in [-0.05, 0) is 29.8 Å². The molecule has 3 rings (SSSR count). The van der Waals surface area contributed by atoms with Crippen LogP contribution in [0, 0.1) is 5.82 Å². The average Bonchev–Trinajstić information content (AvgIpc) is 2.61. The van der Waals surface area contributed by atoms with Gasteiger partial charge in [0.1, 0.15) is 16.5 Å². The van der Waals surface area contributed by atoms with Crippen LogP contribution in [0.15, 0.2) is 65.7 Å². The molecule has 0 unspecified atom stereocenters. The summed E-state index contributed by atoms with van der Waals surface area (Å²) in [6.07, 6.45) is 1.45. The molecule has 0 aliphatic heterocycles. The van der Waals surface area contributed by atoms with E-state index in [1.807, 2.05) is 0 Å². The first kappa shape index (κ1) is 19.6. The highest BCUT2D eigenvalue weighted by molar-refractivity contribution is 7.89. The lowest BCUT2D eigenvalue weighted by atomic mass is 10.3. The Morgan fingerprint density at radius 3 is 2.37 bits per heavy atom. The lowest BCUT2D eigenvalue weighted by molar-refractivity contribution is 0.457. The monoisotopic (exact) mass is 426 g/mol. The molecule has 0 aliphatic rings. The number of nitrogens with zero attached hydrogens (tertiary/aromatic N) is 1. The van der Waals surface area contributed by atoms with Gasteiger partial charge in [0.25, 0.3) is 0 Å². The molecule has 0 spiro atoms. The molecule has 9 heteroatoms. The number of ether oxygens (including phenoxy) is 1. The molecule has 0 saturated carbocycles. The van der Waals surface area contributed by atoms with Crippen LogP contribution in [-0.2, 0) is 16.6 Å². The summed E-state index contributed by atoms with van der Waals surface area (Å²) in [4.78, 5) is 3.91. The summed E-state index contributed by atoms with van der Waals surface area (Å²) < 4.78 is 45.9. The minimum Gasteiger partial charge on any atom is -0.439 e. The van der Waals surface area contributed by atoms with Crippen molar-refractivity contribution in [3.63, 3.8) is 0 Å². The molecule has 1 aromatic heterocycles. The van der Waals surface area contributed by atoms with Crippen molar-refractivity contribution in [2.75, 3.05) is 0 Å². The van der Waals surface area contributed by atoms with Crippen molar-refractivity contribution in [3.05, 3.63) is 82.2 Å². The summed E-state index contributed by atoms with van der Waals surface area (Å²) in [6, 6.07) is 13.3. The minimum absolute atomic E-state index is 0.0167. The van der Waals surface area contributed by atoms with Gasteiger partial charge in [-0.15, -0.1) is 0 Å². The lowest BCUT2D eigenvalue weighted by Crippen LogP contribution is -2.24. The first-order valence-electron chi connectivity index (χ1n) is 7.67. The zero-order valence-corrected chi connectivity index (χ0v) is 16.0. The molecule has 140 valence electrons. The molecule has 0 atom stereocenters. The number of rotatable bonds is 6. The van der Waals surface area contributed by atoms with Gasteiger partial charge >= 0.3 is 0 Å². The summed E-state index contributed by atoms with van der Waals surface area (Å²) in [5.41, 5.74) is 0.591. The molecule has 0 radical (unpaired) electrons. The van der Waals surface area contributed by atoms with Crippen molar-refractivity contribution in [1.82, 2.24) is 9.71 Å². The van der Waals surface area contributed by atoms with E-state index in [2.05, 4.69) is 9.71 Å². The van der Waals surface area contributed by atoms with Gasteiger partial charge in [0, 0.05) is 24.9 Å². The highest BCUT2D eigenvalue weighted by atomic mass is 35.5. The predicted octanol–water partition coefficient (Wildman–Crippen LogP) is 4.80. The summed E-state index contributed by atoms with van der Waals surface area (Å²) in [5, 5.41) is 0.0685. The quantitative estimate of drug-likeness (QED) is 0.614. The number of benzene rings is 2. The molecule has 3 aromatic rings. The smallest absolute Gasteiger partial charge is 0.243 e. The average molecular weight is 427 g/mol. The molecule has 0 fully saturated rings. The fourth-order valence-electron chi connectivity index (χ4n) is 2.22. The van der Waals surface area contributed by atoms with Crippen LogP contribution in [0.5, 0.6) is 11.6 Å². The lowest BCUT2D eigenvalue weighted by Gasteiger charge is -2.10. The highest BCUT2D eigenvalue weighted by Gasteiger charge is 2.21. The van der Waals surface area contributed by atoms with E-state index in [9.17, 15) is 12.8 Å². The normalized spacial score (nSPS) is 11.4. The number of aromatic nitrogens is 1. The van der Waals surface area contributed by atoms with E-state index >= 15 is 0 Å². The zero-order valence-electron chi connectivity index (χ0n) is 13.7. The SMILES string of the molecule is O=S(=O)(NCc1ccc(Oc2cccc(F)c2)nc1)c1c(Cl)cccc1Cl. The maximum atomic E-state index is 13.2. The molecule has 27 heavy (non-hydrogen) atoms. The van der Waals surface area contributed by atoms with Gasteiger partial charge in [-0.1, -0.05) is 41.4 Å². The molecule has 1 heterocycles. The van der Waals surface area contributed by atoms with Crippen LogP contribution in [0.4, 0.5) is 4.39 Å². The number of hydrogen-bond acceptors (Lipinski definition) is 4. The van der Waals surface area contributed by atoms with Crippen molar-refractivity contribution in [1.29, 1.82) is 0 Å². The van der Waals surface area contributed by atoms with Crippen LogP contribution in [0.3, 0.4) is 0 Å². The number of nitrogens with one attached hydrogen (secondary N) is 1. The van der Waals surface area contributed by atoms with Crippen molar-refractivity contribution in [2.45, 2.75) is 11.4 Å². The van der Waals surface area contributed by atoms with E-state index in [1.54, 1.807) is 24.3 Å². The Hall–Kier alpha value is -2.19. The Morgan fingerprint density at radius 1 is 1.04 bits per heavy atom. The number of hydrogen-bond donors (Lipinski definition) is 1. The molecule has 0 aliphatic carbocycles. The summed E-state index contributed by atoms with van der Waals surface area (Å²) in [6.45, 7) is -0.0167. The van der Waals surface area contributed by atoms with Crippen molar-refractivity contribution in [2.24, 2.45) is 0 Å². The van der Waals surface area contributed by atoms with Crippen LogP contribution in [0.1, 0.15) is 5.56 Å². The van der Waals surface area contributed by atoms with Gasteiger partial charge in [0.15, 0.2) is 0 Å². The minimum atomic E-state index is -3.90. The maximum absolute atomic E-state index is 13.2. The Labute approximate surface area is 165 Å². The van der Waals surface area contributed by atoms with Gasteiger partial charge in [-0.25, -0.2) is 22.5 Å². The molecular weight excluding hydrogens is 414 g/mol. The van der Waals surface area contributed by atoms with Gasteiger partial charge < -0.3 is 4.74 Å². The largest absolute Gasteiger partial charge is 0.439 e. The first-order valence-corrected chi connectivity index (χ1v) is 9.91. The van der Waals surface area contributed by atoms with Gasteiger partial charge in [-0.2, -0.15) is 0 Å². The van der Waals surface area contributed by atoms with Gasteiger partial charge in [0.2, 0.25) is 15.9 Å². The molecule has 5 nitrogen and oxygen atoms in total. The predicted molar refractivity (Wildman–Crippen MR) is 101 cm³/mol. The fourth-order valence-corrected chi connectivity index (χ4v) is 4.37. The van der Waals surface area contributed by atoms with E-state index < -0.39 is 15.8 Å². The Morgan fingerprint density at radius 2 is 1.74 bits per heavy atom. The van der Waals surface area contributed by atoms with Crippen LogP contribution in [0.2, 0.25) is 10.0 Å². The van der Waals surface area contributed by atoms with Crippen LogP contribution in [0.25, 0.3) is 0 Å². The zero-order chi connectivity index (χ0) is 19.4. The molecule has 0 saturated heterocycles. The van der Waals surface area contributed by atoms with E-state index in [0.29, 0.717) is 11.3 Å². The molecular formula is C18H13Cl2FN2O3S. The third-order valence-corrected chi connectivity index (χ3v) is 5.83. The van der Waals surface area contributed by atoms with Crippen LogP contribution < -0.4 is 9.46 Å². The third-order valence-electron chi connectivity index (χ3n) is 3.47. The van der Waals surface area contributed by atoms with Crippen molar-refractivity contribution < 1.29 is 17.5 Å². The van der Waals surface area contributed by atoms with E-state index in [0.717, 1.165) is 0 Å². The maximum Gasteiger partial charge on any atom is 0.243 e. The van der Waals surface area contributed by atoms with Gasteiger partial charge in [-0.3, -0.25) is 0 Å². The Balaban J connectivity index is 1.68. The number of pyridine rings is 1. The second-order valence-corrected chi connectivity index (χ2v) is 7.96. The molecule has 2 aromatic carbocycles. The van der Waals surface area contributed by atoms with Gasteiger partial charge in [0.05, 0.1) is 10.0 Å². The summed E-state index contributed by atoms with van der Waals surface area (Å²) in [5.74, 6) is 0.141. The van der Waals surface area contributed by atoms with Crippen LogP contribution in [-0.4, -0.2) is 13.4 Å². The van der Waals surface area contributed by atoms with E-state index in [-0.39, 0.29) is 27.4 Å². The van der Waals surface area contributed by atoms with Crippen molar-refractivity contribution >= 4 is 33.2 Å². The Kier molecular flexibility index (Phi) is 5.96. The number of halogens is 3. The Bertz CT molecular complexity index is 1040. The van der Waals surface area contributed by atoms with E-state index in [4.69, 9.17) is 27.9 Å².